The summed E-state index contributed by atoms with van der Waals surface area (Å²) >= 11 is 0. The van der Waals surface area contributed by atoms with Crippen molar-refractivity contribution in [3.05, 3.63) is 78.4 Å². The van der Waals surface area contributed by atoms with Crippen molar-refractivity contribution in [1.29, 1.82) is 0 Å². The SMILES string of the molecule is CCCCCCCCCCCCc1c(OP(O)O)ccc(-c2ccccc2)c1-c1ccccc1. The second-order valence-electron chi connectivity index (χ2n) is 8.97. The molecule has 0 bridgehead atoms. The molecule has 0 saturated carbocycles. The molecule has 0 aliphatic heterocycles. The first-order valence-corrected chi connectivity index (χ1v) is 14.0. The van der Waals surface area contributed by atoms with Crippen molar-refractivity contribution in [3.8, 4) is 28.0 Å². The summed E-state index contributed by atoms with van der Waals surface area (Å²) in [6.07, 6.45) is 13.7. The molecule has 0 fully saturated rings. The highest BCUT2D eigenvalue weighted by molar-refractivity contribution is 7.39. The van der Waals surface area contributed by atoms with Crippen LogP contribution in [0.25, 0.3) is 22.3 Å². The second kappa shape index (κ2) is 14.9. The summed E-state index contributed by atoms with van der Waals surface area (Å²) in [5.41, 5.74) is 5.59. The molecule has 0 heterocycles. The zero-order chi connectivity index (χ0) is 24.0. The van der Waals surface area contributed by atoms with E-state index in [-0.39, 0.29) is 0 Å². The van der Waals surface area contributed by atoms with Gasteiger partial charge >= 0.3 is 8.60 Å². The largest absolute Gasteiger partial charge is 0.427 e. The summed E-state index contributed by atoms with van der Waals surface area (Å²) in [7, 11) is -2.47. The normalized spacial score (nSPS) is 11.2. The molecule has 0 saturated heterocycles. The van der Waals surface area contributed by atoms with Crippen molar-refractivity contribution in [2.75, 3.05) is 0 Å². The van der Waals surface area contributed by atoms with Crippen LogP contribution in [0.4, 0.5) is 0 Å². The lowest BCUT2D eigenvalue weighted by atomic mass is 9.88. The maximum atomic E-state index is 9.62. The molecule has 3 aromatic carbocycles. The third-order valence-corrected chi connectivity index (χ3v) is 6.74. The number of hydrogen-bond acceptors (Lipinski definition) is 3. The standard InChI is InChI=1S/C30H39O3P/c1-2-3-4-5-6-7-8-9-10-17-22-28-29(33-34(31)32)24-23-27(25-18-13-11-14-19-25)30(28)26-20-15-12-16-21-26/h11-16,18-21,23-24,31-32H,2-10,17,22H2,1H3. The molecule has 0 radical (unpaired) electrons. The zero-order valence-corrected chi connectivity index (χ0v) is 21.4. The van der Waals surface area contributed by atoms with Gasteiger partial charge in [0, 0.05) is 5.56 Å². The molecule has 4 heteroatoms. The van der Waals surface area contributed by atoms with Crippen LogP contribution in [0.15, 0.2) is 72.8 Å². The smallest absolute Gasteiger partial charge is 0.391 e. The van der Waals surface area contributed by atoms with Gasteiger partial charge in [0.15, 0.2) is 0 Å². The van der Waals surface area contributed by atoms with Gasteiger partial charge in [0.25, 0.3) is 0 Å². The van der Waals surface area contributed by atoms with Crippen LogP contribution in [-0.2, 0) is 6.42 Å². The molecule has 0 atom stereocenters. The Morgan fingerprint density at radius 2 is 1.15 bits per heavy atom. The molecular formula is C30H39O3P. The first kappa shape index (κ1) is 26.4. The Labute approximate surface area is 206 Å². The van der Waals surface area contributed by atoms with Crippen molar-refractivity contribution in [2.45, 2.75) is 77.6 Å². The van der Waals surface area contributed by atoms with E-state index in [1.165, 1.54) is 57.8 Å². The quantitative estimate of drug-likeness (QED) is 0.169. The molecule has 0 unspecified atom stereocenters. The highest BCUT2D eigenvalue weighted by atomic mass is 31.2. The van der Waals surface area contributed by atoms with E-state index >= 15 is 0 Å². The van der Waals surface area contributed by atoms with Crippen LogP contribution in [0.1, 0.15) is 76.7 Å². The lowest BCUT2D eigenvalue weighted by Crippen LogP contribution is -1.99. The van der Waals surface area contributed by atoms with Crippen molar-refractivity contribution < 1.29 is 14.3 Å². The molecular weight excluding hydrogens is 439 g/mol. The maximum Gasteiger partial charge on any atom is 0.391 e. The molecule has 2 N–H and O–H groups in total. The average Bonchev–Trinajstić information content (AvgIpc) is 2.86. The number of hydrogen-bond donors (Lipinski definition) is 2. The van der Waals surface area contributed by atoms with Gasteiger partial charge in [0.2, 0.25) is 0 Å². The first-order valence-electron chi connectivity index (χ1n) is 12.8. The van der Waals surface area contributed by atoms with Gasteiger partial charge in [-0.2, -0.15) is 0 Å². The predicted molar refractivity (Wildman–Crippen MR) is 145 cm³/mol. The Bertz CT molecular complexity index is 958. The number of unbranched alkanes of at least 4 members (excludes halogenated alkanes) is 9. The number of rotatable bonds is 15. The topological polar surface area (TPSA) is 49.7 Å². The van der Waals surface area contributed by atoms with E-state index in [0.717, 1.165) is 40.7 Å². The Balaban J connectivity index is 1.77. The summed E-state index contributed by atoms with van der Waals surface area (Å²) in [5, 5.41) is 0. The predicted octanol–water partition coefficient (Wildman–Crippen LogP) is 9.07. The molecule has 3 nitrogen and oxygen atoms in total. The number of benzene rings is 3. The van der Waals surface area contributed by atoms with Crippen LogP contribution in [0.5, 0.6) is 5.75 Å². The monoisotopic (exact) mass is 478 g/mol. The summed E-state index contributed by atoms with van der Waals surface area (Å²) < 4.78 is 5.52. The third-order valence-electron chi connectivity index (χ3n) is 6.38. The minimum absolute atomic E-state index is 0.575. The fourth-order valence-electron chi connectivity index (χ4n) is 4.63. The summed E-state index contributed by atoms with van der Waals surface area (Å²) in [5.74, 6) is 0.575. The molecule has 0 aliphatic rings. The van der Waals surface area contributed by atoms with Crippen molar-refractivity contribution in [3.63, 3.8) is 0 Å². The molecule has 34 heavy (non-hydrogen) atoms. The second-order valence-corrected chi connectivity index (χ2v) is 9.66. The van der Waals surface area contributed by atoms with Gasteiger partial charge in [-0.25, -0.2) is 0 Å². The van der Waals surface area contributed by atoms with Gasteiger partial charge < -0.3 is 14.3 Å². The van der Waals surface area contributed by atoms with Crippen LogP contribution in [0.3, 0.4) is 0 Å². The van der Waals surface area contributed by atoms with Crippen LogP contribution in [0, 0.1) is 0 Å². The third kappa shape index (κ3) is 8.24. The molecule has 3 aromatic rings. The zero-order valence-electron chi connectivity index (χ0n) is 20.5. The van der Waals surface area contributed by atoms with E-state index in [1.54, 1.807) is 0 Å². The van der Waals surface area contributed by atoms with Gasteiger partial charge in [-0.05, 0) is 41.2 Å². The van der Waals surface area contributed by atoms with E-state index in [0.29, 0.717) is 5.75 Å². The maximum absolute atomic E-state index is 9.62. The Morgan fingerprint density at radius 3 is 1.71 bits per heavy atom. The Morgan fingerprint density at radius 1 is 0.618 bits per heavy atom. The van der Waals surface area contributed by atoms with E-state index in [2.05, 4.69) is 43.3 Å². The lowest BCUT2D eigenvalue weighted by molar-refractivity contribution is 0.373. The van der Waals surface area contributed by atoms with Gasteiger partial charge in [-0.3, -0.25) is 0 Å². The van der Waals surface area contributed by atoms with Gasteiger partial charge in [-0.1, -0.05) is 131 Å². The molecule has 0 aromatic heterocycles. The van der Waals surface area contributed by atoms with E-state index < -0.39 is 8.60 Å². The van der Waals surface area contributed by atoms with E-state index in [4.69, 9.17) is 4.52 Å². The van der Waals surface area contributed by atoms with Gasteiger partial charge in [0.05, 0.1) is 0 Å². The molecule has 3 rings (SSSR count). The highest BCUT2D eigenvalue weighted by Crippen LogP contribution is 2.43. The minimum atomic E-state index is -2.47. The highest BCUT2D eigenvalue weighted by Gasteiger charge is 2.19. The van der Waals surface area contributed by atoms with Crippen molar-refractivity contribution in [1.82, 2.24) is 0 Å². The van der Waals surface area contributed by atoms with E-state index in [9.17, 15) is 9.79 Å². The van der Waals surface area contributed by atoms with Crippen LogP contribution in [0.2, 0.25) is 0 Å². The van der Waals surface area contributed by atoms with E-state index in [1.807, 2.05) is 36.4 Å². The van der Waals surface area contributed by atoms with Crippen molar-refractivity contribution >= 4 is 8.60 Å². The Kier molecular flexibility index (Phi) is 11.6. The average molecular weight is 479 g/mol. The summed E-state index contributed by atoms with van der Waals surface area (Å²) in [4.78, 5) is 19.2. The first-order chi connectivity index (χ1) is 16.7. The van der Waals surface area contributed by atoms with Crippen molar-refractivity contribution in [2.24, 2.45) is 0 Å². The van der Waals surface area contributed by atoms with Crippen LogP contribution >= 0.6 is 8.60 Å². The van der Waals surface area contributed by atoms with Gasteiger partial charge in [-0.15, -0.1) is 0 Å². The van der Waals surface area contributed by atoms with Crippen LogP contribution in [-0.4, -0.2) is 9.79 Å². The van der Waals surface area contributed by atoms with Gasteiger partial charge in [0.1, 0.15) is 5.75 Å². The lowest BCUT2D eigenvalue weighted by Gasteiger charge is -2.20. The fourth-order valence-corrected chi connectivity index (χ4v) is 4.98. The summed E-state index contributed by atoms with van der Waals surface area (Å²) in [6, 6.07) is 24.7. The molecule has 0 spiro atoms. The van der Waals surface area contributed by atoms with Crippen LogP contribution < -0.4 is 4.52 Å². The molecule has 0 aliphatic carbocycles. The Hall–Kier alpha value is -2.19. The fraction of sp³-hybridized carbons (Fsp3) is 0.400. The molecule has 182 valence electrons. The molecule has 0 amide bonds. The summed E-state index contributed by atoms with van der Waals surface area (Å²) in [6.45, 7) is 2.26. The minimum Gasteiger partial charge on any atom is -0.427 e.